The normalized spacial score (nSPS) is 12.2. The van der Waals surface area contributed by atoms with Gasteiger partial charge in [0.25, 0.3) is 0 Å². The molecule has 0 heterocycles. The number of methoxy groups -OCH3 is 4. The van der Waals surface area contributed by atoms with Gasteiger partial charge in [0.2, 0.25) is 0 Å². The predicted molar refractivity (Wildman–Crippen MR) is 195 cm³/mol. The Labute approximate surface area is 306 Å². The van der Waals surface area contributed by atoms with Gasteiger partial charge in [-0.3, -0.25) is 0 Å². The lowest BCUT2D eigenvalue weighted by molar-refractivity contribution is -0.142. The number of benzene rings is 4. The van der Waals surface area contributed by atoms with Gasteiger partial charge in [0, 0.05) is 12.2 Å². The number of phenolic OH excluding ortho intramolecular Hbond substituents is 3. The Kier molecular flexibility index (Phi) is 14.4. The van der Waals surface area contributed by atoms with E-state index in [1.165, 1.54) is 77.0 Å². The van der Waals surface area contributed by atoms with Crippen molar-refractivity contribution in [3.8, 4) is 46.0 Å². The maximum absolute atomic E-state index is 12.7. The fraction of sp³-hybridized carbons (Fsp3) is 0.250. The van der Waals surface area contributed by atoms with E-state index in [9.17, 15) is 30.0 Å². The van der Waals surface area contributed by atoms with Crippen LogP contribution in [0.2, 0.25) is 0 Å². The summed E-state index contributed by atoms with van der Waals surface area (Å²) in [6.07, 6.45) is 4.10. The molecule has 13 heteroatoms. The molecule has 0 spiro atoms. The van der Waals surface area contributed by atoms with Gasteiger partial charge in [-0.25, -0.2) is 9.59 Å². The second-order valence-electron chi connectivity index (χ2n) is 11.4. The number of esters is 2. The fourth-order valence-electron chi connectivity index (χ4n) is 5.04. The molecule has 0 fully saturated rings. The summed E-state index contributed by atoms with van der Waals surface area (Å²) in [7, 11) is 5.69. The zero-order chi connectivity index (χ0) is 38.3. The lowest BCUT2D eigenvalue weighted by Crippen LogP contribution is -2.31. The molecule has 0 aliphatic heterocycles. The molecular weight excluding hydrogens is 688 g/mol. The van der Waals surface area contributed by atoms with E-state index >= 15 is 0 Å². The molecule has 0 radical (unpaired) electrons. The van der Waals surface area contributed by atoms with Gasteiger partial charge in [-0.15, -0.1) is 0 Å². The highest BCUT2D eigenvalue weighted by Gasteiger charge is 2.27. The lowest BCUT2D eigenvalue weighted by Gasteiger charge is -2.25. The maximum atomic E-state index is 12.7. The number of aryl methyl sites for hydroxylation is 1. The summed E-state index contributed by atoms with van der Waals surface area (Å²) in [6, 6.07) is 18.8. The van der Waals surface area contributed by atoms with Gasteiger partial charge in [-0.2, -0.15) is 0 Å². The quantitative estimate of drug-likeness (QED) is 0.0552. The van der Waals surface area contributed by atoms with Crippen molar-refractivity contribution < 1.29 is 63.2 Å². The van der Waals surface area contributed by atoms with Crippen LogP contribution >= 0.6 is 0 Å². The Balaban J connectivity index is 1.41. The minimum atomic E-state index is -1.34. The molecule has 0 amide bonds. The van der Waals surface area contributed by atoms with Crippen molar-refractivity contribution in [1.29, 1.82) is 0 Å². The van der Waals surface area contributed by atoms with Crippen LogP contribution in [0, 0.1) is 0 Å². The van der Waals surface area contributed by atoms with Gasteiger partial charge in [-0.05, 0) is 95.8 Å². The van der Waals surface area contributed by atoms with E-state index in [2.05, 4.69) is 0 Å². The number of aromatic hydroxyl groups is 3. The van der Waals surface area contributed by atoms with Crippen LogP contribution in [0.5, 0.6) is 46.0 Å². The highest BCUT2D eigenvalue weighted by molar-refractivity contribution is 5.87. The number of aliphatic hydroxyl groups is 1. The molecule has 280 valence electrons. The third kappa shape index (κ3) is 11.3. The van der Waals surface area contributed by atoms with E-state index in [1.807, 2.05) is 0 Å². The van der Waals surface area contributed by atoms with Crippen molar-refractivity contribution in [2.75, 3.05) is 41.7 Å². The lowest BCUT2D eigenvalue weighted by atomic mass is 10.0. The van der Waals surface area contributed by atoms with Gasteiger partial charge in [0.05, 0.1) is 35.0 Å². The predicted octanol–water partition coefficient (Wildman–Crippen LogP) is 5.76. The third-order valence-electron chi connectivity index (χ3n) is 7.88. The molecule has 4 rings (SSSR count). The van der Waals surface area contributed by atoms with Gasteiger partial charge in [0.1, 0.15) is 12.7 Å². The second kappa shape index (κ2) is 19.3. The standard InChI is InChI=1S/C40H42O13/c1-47-33-20-26(7-13-29(33)41)10-17-38(44)51-19-5-6-25-9-16-32(36(22-25)50-4)53-37(40(46)28-12-15-31(43)35(23-28)49-3)24-52-39(45)18-11-27-8-14-30(42)34(21-27)48-2/h7-18,20-23,37,40-43,46H,5-6,19,24H2,1-4H3/t37-,40+/m1/s1. The number of carbonyl (C=O) groups is 2. The third-order valence-corrected chi connectivity index (χ3v) is 7.88. The molecule has 0 aromatic heterocycles. The van der Waals surface area contributed by atoms with Crippen molar-refractivity contribution >= 4 is 24.1 Å². The summed E-state index contributed by atoms with van der Waals surface area (Å²) in [5.41, 5.74) is 2.42. The average Bonchev–Trinajstić information content (AvgIpc) is 3.17. The molecular formula is C40H42O13. The molecule has 0 saturated heterocycles. The maximum Gasteiger partial charge on any atom is 0.330 e. The molecule has 2 atom stereocenters. The van der Waals surface area contributed by atoms with Gasteiger partial charge >= 0.3 is 11.9 Å². The van der Waals surface area contributed by atoms with Crippen molar-refractivity contribution in [3.05, 3.63) is 107 Å². The number of hydrogen-bond donors (Lipinski definition) is 4. The molecule has 0 aliphatic carbocycles. The Morgan fingerprint density at radius 1 is 0.623 bits per heavy atom. The summed E-state index contributed by atoms with van der Waals surface area (Å²) >= 11 is 0. The molecule has 0 bridgehead atoms. The number of hydrogen-bond acceptors (Lipinski definition) is 13. The molecule has 53 heavy (non-hydrogen) atoms. The number of ether oxygens (including phenoxy) is 7. The van der Waals surface area contributed by atoms with E-state index in [0.29, 0.717) is 35.3 Å². The first-order valence-corrected chi connectivity index (χ1v) is 16.4. The van der Waals surface area contributed by atoms with Crippen LogP contribution in [0.1, 0.15) is 34.8 Å². The molecule has 4 aromatic carbocycles. The number of phenols is 3. The summed E-state index contributed by atoms with van der Waals surface area (Å²) in [6.45, 7) is -0.218. The Bertz CT molecular complexity index is 1920. The molecule has 4 aromatic rings. The first-order chi connectivity index (χ1) is 25.5. The first kappa shape index (κ1) is 39.4. The number of aliphatic hydroxyl groups excluding tert-OH is 1. The molecule has 13 nitrogen and oxygen atoms in total. The van der Waals surface area contributed by atoms with Crippen LogP contribution in [0.25, 0.3) is 12.2 Å². The summed E-state index contributed by atoms with van der Waals surface area (Å²) < 4.78 is 37.9. The Morgan fingerprint density at radius 2 is 1.15 bits per heavy atom. The van der Waals surface area contributed by atoms with E-state index < -0.39 is 24.1 Å². The van der Waals surface area contributed by atoms with Gasteiger partial charge in [0.15, 0.2) is 52.1 Å². The first-order valence-electron chi connectivity index (χ1n) is 16.4. The zero-order valence-corrected chi connectivity index (χ0v) is 29.7. The highest BCUT2D eigenvalue weighted by Crippen LogP contribution is 2.35. The average molecular weight is 731 g/mol. The van der Waals surface area contributed by atoms with Gasteiger partial charge < -0.3 is 53.6 Å². The van der Waals surface area contributed by atoms with Crippen LogP contribution in [-0.2, 0) is 25.5 Å². The summed E-state index contributed by atoms with van der Waals surface area (Å²) in [5, 5.41) is 41.0. The van der Waals surface area contributed by atoms with Crippen molar-refractivity contribution in [3.63, 3.8) is 0 Å². The van der Waals surface area contributed by atoms with Crippen molar-refractivity contribution in [1.82, 2.24) is 0 Å². The van der Waals surface area contributed by atoms with E-state index in [4.69, 9.17) is 33.2 Å². The van der Waals surface area contributed by atoms with Crippen LogP contribution < -0.4 is 23.7 Å². The van der Waals surface area contributed by atoms with Crippen LogP contribution in [0.4, 0.5) is 0 Å². The number of carbonyl (C=O) groups excluding carboxylic acids is 2. The van der Waals surface area contributed by atoms with Crippen LogP contribution in [0.15, 0.2) is 84.9 Å². The molecule has 4 N–H and O–H groups in total. The molecule has 0 aliphatic rings. The van der Waals surface area contributed by atoms with E-state index in [1.54, 1.807) is 48.5 Å². The van der Waals surface area contributed by atoms with Crippen LogP contribution in [0.3, 0.4) is 0 Å². The van der Waals surface area contributed by atoms with E-state index in [-0.39, 0.29) is 53.5 Å². The molecule has 0 unspecified atom stereocenters. The topological polar surface area (TPSA) is 180 Å². The Hall–Kier alpha value is -6.34. The van der Waals surface area contributed by atoms with Crippen molar-refractivity contribution in [2.24, 2.45) is 0 Å². The van der Waals surface area contributed by atoms with Crippen LogP contribution in [-0.4, -0.2) is 80.1 Å². The fourth-order valence-corrected chi connectivity index (χ4v) is 5.04. The SMILES string of the molecule is COc1cc(C=CC(=O)OCCCc2ccc(O[C@H](COC(=O)C=Cc3ccc(O)c(OC)c3)[C@@H](O)c3ccc(O)c(OC)c3)c(OC)c2)ccc1O. The zero-order valence-electron chi connectivity index (χ0n) is 29.7. The van der Waals surface area contributed by atoms with E-state index in [0.717, 1.165) is 5.56 Å². The number of rotatable bonds is 18. The summed E-state index contributed by atoms with van der Waals surface area (Å²) in [4.78, 5) is 24.9. The van der Waals surface area contributed by atoms with Crippen molar-refractivity contribution in [2.45, 2.75) is 25.0 Å². The highest BCUT2D eigenvalue weighted by atomic mass is 16.6. The molecule has 0 saturated carbocycles. The summed E-state index contributed by atoms with van der Waals surface area (Å²) in [5.74, 6) is -0.151. The minimum Gasteiger partial charge on any atom is -0.504 e. The van der Waals surface area contributed by atoms with Gasteiger partial charge in [-0.1, -0.05) is 24.3 Å². The minimum absolute atomic E-state index is 0.00410. The largest absolute Gasteiger partial charge is 0.504 e. The monoisotopic (exact) mass is 730 g/mol. The smallest absolute Gasteiger partial charge is 0.330 e. The Morgan fingerprint density at radius 3 is 1.72 bits per heavy atom. The second-order valence-corrected chi connectivity index (χ2v) is 11.4.